The van der Waals surface area contributed by atoms with Gasteiger partial charge in [0, 0.05) is 11.5 Å². The predicted molar refractivity (Wildman–Crippen MR) is 92.3 cm³/mol. The van der Waals surface area contributed by atoms with Crippen molar-refractivity contribution in [3.05, 3.63) is 71.7 Å². The van der Waals surface area contributed by atoms with Crippen molar-refractivity contribution in [3.63, 3.8) is 0 Å². The molecule has 0 saturated heterocycles. The lowest BCUT2D eigenvalue weighted by Gasteiger charge is -2.10. The Labute approximate surface area is 143 Å². The molecule has 3 aromatic rings. The Morgan fingerprint density at radius 1 is 1.12 bits per heavy atom. The number of hydrogen-bond donors (Lipinski definition) is 1. The predicted octanol–water partition coefficient (Wildman–Crippen LogP) is 3.42. The van der Waals surface area contributed by atoms with Crippen molar-refractivity contribution in [1.29, 1.82) is 0 Å². The Balaban J connectivity index is 2.30. The molecule has 1 aromatic heterocycles. The second-order valence-corrected chi connectivity index (χ2v) is 7.31. The van der Waals surface area contributed by atoms with Gasteiger partial charge in [-0.05, 0) is 49.4 Å². The fourth-order valence-electron chi connectivity index (χ4n) is 2.54. The number of rotatable bonds is 4. The summed E-state index contributed by atoms with van der Waals surface area (Å²) < 4.78 is 40.6. The van der Waals surface area contributed by atoms with E-state index in [9.17, 15) is 17.6 Å². The molecule has 5 nitrogen and oxygen atoms in total. The van der Waals surface area contributed by atoms with Crippen LogP contribution >= 0.6 is 0 Å². The first-order valence-corrected chi connectivity index (χ1v) is 8.77. The van der Waals surface area contributed by atoms with Gasteiger partial charge in [0.2, 0.25) is 0 Å². The third-order valence-electron chi connectivity index (χ3n) is 3.70. The Kier molecular flexibility index (Phi) is 4.18. The van der Waals surface area contributed by atoms with Crippen molar-refractivity contribution >= 4 is 33.0 Å². The zero-order chi connectivity index (χ0) is 18.2. The van der Waals surface area contributed by atoms with Crippen molar-refractivity contribution in [3.8, 4) is 0 Å². The standard InChI is InChI=1S/C18H14FNO4S/c1-12-2-6-16(7-3-12)25(23,24)20-15(5-9-18(21)22)11-13-10-14(19)4-8-17(13)20/h2-11H,1H3,(H,21,22). The molecule has 0 aliphatic carbocycles. The summed E-state index contributed by atoms with van der Waals surface area (Å²) in [6, 6.07) is 11.5. The molecular weight excluding hydrogens is 345 g/mol. The van der Waals surface area contributed by atoms with Crippen molar-refractivity contribution in [2.45, 2.75) is 11.8 Å². The molecule has 25 heavy (non-hydrogen) atoms. The maximum atomic E-state index is 13.5. The number of nitrogens with zero attached hydrogens (tertiary/aromatic N) is 1. The molecule has 1 N–H and O–H groups in total. The van der Waals surface area contributed by atoms with Gasteiger partial charge in [-0.2, -0.15) is 0 Å². The highest BCUT2D eigenvalue weighted by molar-refractivity contribution is 7.90. The summed E-state index contributed by atoms with van der Waals surface area (Å²) in [6.07, 6.45) is 2.01. The van der Waals surface area contributed by atoms with Crippen LogP contribution in [0.25, 0.3) is 17.0 Å². The third-order valence-corrected chi connectivity index (χ3v) is 5.46. The summed E-state index contributed by atoms with van der Waals surface area (Å²) in [5.74, 6) is -1.72. The summed E-state index contributed by atoms with van der Waals surface area (Å²) in [7, 11) is -3.98. The molecule has 128 valence electrons. The number of benzene rings is 2. The second kappa shape index (κ2) is 6.18. The Morgan fingerprint density at radius 2 is 1.80 bits per heavy atom. The average Bonchev–Trinajstić information content (AvgIpc) is 2.91. The zero-order valence-electron chi connectivity index (χ0n) is 13.2. The summed E-state index contributed by atoms with van der Waals surface area (Å²) in [5.41, 5.74) is 1.31. The molecule has 1 heterocycles. The summed E-state index contributed by atoms with van der Waals surface area (Å²) in [4.78, 5) is 10.9. The molecule has 0 spiro atoms. The van der Waals surface area contributed by atoms with Crippen LogP contribution in [0.4, 0.5) is 4.39 Å². The average molecular weight is 359 g/mol. The molecule has 0 unspecified atom stereocenters. The number of fused-ring (bicyclic) bond motifs is 1. The molecule has 0 amide bonds. The van der Waals surface area contributed by atoms with Gasteiger partial charge >= 0.3 is 5.97 Å². The molecule has 0 atom stereocenters. The molecule has 0 saturated carbocycles. The van der Waals surface area contributed by atoms with Crippen LogP contribution < -0.4 is 0 Å². The van der Waals surface area contributed by atoms with Gasteiger partial charge in [0.1, 0.15) is 5.82 Å². The number of aliphatic carboxylic acids is 1. The molecule has 0 fully saturated rings. The van der Waals surface area contributed by atoms with E-state index in [1.54, 1.807) is 12.1 Å². The highest BCUT2D eigenvalue weighted by Crippen LogP contribution is 2.27. The zero-order valence-corrected chi connectivity index (χ0v) is 14.0. The van der Waals surface area contributed by atoms with Crippen LogP contribution in [0, 0.1) is 12.7 Å². The van der Waals surface area contributed by atoms with Gasteiger partial charge < -0.3 is 5.11 Å². The minimum Gasteiger partial charge on any atom is -0.478 e. The first-order valence-electron chi connectivity index (χ1n) is 7.33. The van der Waals surface area contributed by atoms with Crippen LogP contribution in [0.3, 0.4) is 0 Å². The van der Waals surface area contributed by atoms with E-state index in [0.29, 0.717) is 5.39 Å². The fourth-order valence-corrected chi connectivity index (χ4v) is 4.05. The molecule has 0 aliphatic heterocycles. The van der Waals surface area contributed by atoms with E-state index in [2.05, 4.69) is 0 Å². The van der Waals surface area contributed by atoms with Gasteiger partial charge in [-0.1, -0.05) is 17.7 Å². The quantitative estimate of drug-likeness (QED) is 0.724. The summed E-state index contributed by atoms with van der Waals surface area (Å²) in [5, 5.41) is 9.19. The molecule has 0 radical (unpaired) electrons. The summed E-state index contributed by atoms with van der Waals surface area (Å²) >= 11 is 0. The van der Waals surface area contributed by atoms with E-state index in [1.165, 1.54) is 36.4 Å². The number of aromatic nitrogens is 1. The number of aryl methyl sites for hydroxylation is 1. The maximum Gasteiger partial charge on any atom is 0.328 e. The van der Waals surface area contributed by atoms with Crippen molar-refractivity contribution in [1.82, 2.24) is 3.97 Å². The Bertz CT molecular complexity index is 1100. The molecule has 0 bridgehead atoms. The van der Waals surface area contributed by atoms with Gasteiger partial charge in [0.25, 0.3) is 10.0 Å². The smallest absolute Gasteiger partial charge is 0.328 e. The Hall–Kier alpha value is -2.93. The van der Waals surface area contributed by atoms with E-state index < -0.39 is 21.8 Å². The van der Waals surface area contributed by atoms with Gasteiger partial charge in [-0.3, -0.25) is 0 Å². The lowest BCUT2D eigenvalue weighted by molar-refractivity contribution is -0.131. The van der Waals surface area contributed by atoms with Crippen LogP contribution in [0.15, 0.2) is 59.5 Å². The van der Waals surface area contributed by atoms with E-state index in [0.717, 1.165) is 21.7 Å². The van der Waals surface area contributed by atoms with E-state index >= 15 is 0 Å². The van der Waals surface area contributed by atoms with Crippen LogP contribution in [0.1, 0.15) is 11.3 Å². The van der Waals surface area contributed by atoms with Gasteiger partial charge in [0.15, 0.2) is 0 Å². The van der Waals surface area contributed by atoms with Gasteiger partial charge in [0.05, 0.1) is 16.1 Å². The number of carbonyl (C=O) groups is 1. The Morgan fingerprint density at radius 3 is 2.44 bits per heavy atom. The van der Waals surface area contributed by atoms with Crippen LogP contribution in [0.5, 0.6) is 0 Å². The van der Waals surface area contributed by atoms with Crippen molar-refractivity contribution in [2.75, 3.05) is 0 Å². The normalized spacial score (nSPS) is 12.1. The number of carboxylic acids is 1. The number of halogens is 1. The van der Waals surface area contributed by atoms with E-state index in [4.69, 9.17) is 5.11 Å². The molecule has 2 aromatic carbocycles. The lowest BCUT2D eigenvalue weighted by Crippen LogP contribution is -2.14. The SMILES string of the molecule is Cc1ccc(S(=O)(=O)n2c(C=CC(=O)O)cc3cc(F)ccc32)cc1. The fraction of sp³-hybridized carbons (Fsp3) is 0.0556. The van der Waals surface area contributed by atoms with Gasteiger partial charge in [-0.25, -0.2) is 21.6 Å². The third kappa shape index (κ3) is 3.18. The van der Waals surface area contributed by atoms with Crippen molar-refractivity contribution in [2.24, 2.45) is 0 Å². The molecule has 3 rings (SSSR count). The largest absolute Gasteiger partial charge is 0.478 e. The summed E-state index contributed by atoms with van der Waals surface area (Å²) in [6.45, 7) is 1.84. The highest BCUT2D eigenvalue weighted by atomic mass is 32.2. The molecular formula is C18H14FNO4S. The number of hydrogen-bond acceptors (Lipinski definition) is 3. The van der Waals surface area contributed by atoms with Crippen LogP contribution in [-0.4, -0.2) is 23.5 Å². The van der Waals surface area contributed by atoms with Crippen LogP contribution in [-0.2, 0) is 14.8 Å². The van der Waals surface area contributed by atoms with Crippen LogP contribution in [0.2, 0.25) is 0 Å². The van der Waals surface area contributed by atoms with E-state index in [1.807, 2.05) is 6.92 Å². The first-order chi connectivity index (χ1) is 11.8. The maximum absolute atomic E-state index is 13.5. The monoisotopic (exact) mass is 359 g/mol. The second-order valence-electron chi connectivity index (χ2n) is 5.53. The number of carboxylic acid groups (broad SMARTS) is 1. The topological polar surface area (TPSA) is 76.4 Å². The van der Waals surface area contributed by atoms with E-state index in [-0.39, 0.29) is 16.1 Å². The minimum atomic E-state index is -3.98. The van der Waals surface area contributed by atoms with Gasteiger partial charge in [-0.15, -0.1) is 0 Å². The molecule has 7 heteroatoms. The van der Waals surface area contributed by atoms with Crippen molar-refractivity contribution < 1.29 is 22.7 Å². The highest BCUT2D eigenvalue weighted by Gasteiger charge is 2.22. The first kappa shape index (κ1) is 16.9. The molecule has 0 aliphatic rings. The lowest BCUT2D eigenvalue weighted by atomic mass is 10.2. The minimum absolute atomic E-state index is 0.0601.